The molecule has 0 spiro atoms. The summed E-state index contributed by atoms with van der Waals surface area (Å²) in [4.78, 5) is 16.7. The fourth-order valence-corrected chi connectivity index (χ4v) is 3.11. The van der Waals surface area contributed by atoms with Gasteiger partial charge in [0.1, 0.15) is 0 Å². The second kappa shape index (κ2) is 6.44. The first-order valence-corrected chi connectivity index (χ1v) is 8.14. The molecule has 1 fully saturated rings. The number of benzene rings is 1. The number of carbonyl (C=O) groups excluding carboxylic acids is 1. The number of rotatable bonds is 3. The lowest BCUT2D eigenvalue weighted by molar-refractivity contribution is -0.130. The van der Waals surface area contributed by atoms with E-state index in [1.165, 1.54) is 16.8 Å². The van der Waals surface area contributed by atoms with Crippen LogP contribution in [0.5, 0.6) is 0 Å². The summed E-state index contributed by atoms with van der Waals surface area (Å²) in [5.74, 6) is 0.164. The molecule has 122 valence electrons. The third-order valence-corrected chi connectivity index (χ3v) is 4.64. The standard InChI is InChI=1S/C18H24N4O/c1-13-5-4-6-17(15(13)3)21-7-9-22(10-8-21)18(23)12-16-11-14(2)19-20-16/h4-6,11H,7-10,12H2,1-3H3,(H,19,20). The van der Waals surface area contributed by atoms with Gasteiger partial charge in [-0.2, -0.15) is 5.10 Å². The normalized spacial score (nSPS) is 15.1. The highest BCUT2D eigenvalue weighted by molar-refractivity contribution is 5.78. The van der Waals surface area contributed by atoms with E-state index in [1.54, 1.807) is 0 Å². The average molecular weight is 312 g/mol. The van der Waals surface area contributed by atoms with Gasteiger partial charge < -0.3 is 9.80 Å². The Balaban J connectivity index is 1.59. The Morgan fingerprint density at radius 2 is 1.91 bits per heavy atom. The van der Waals surface area contributed by atoms with E-state index in [-0.39, 0.29) is 5.91 Å². The Morgan fingerprint density at radius 3 is 2.57 bits per heavy atom. The third kappa shape index (κ3) is 3.38. The predicted molar refractivity (Wildman–Crippen MR) is 91.7 cm³/mol. The summed E-state index contributed by atoms with van der Waals surface area (Å²) in [5, 5.41) is 7.04. The van der Waals surface area contributed by atoms with Crippen molar-refractivity contribution in [3.8, 4) is 0 Å². The van der Waals surface area contributed by atoms with Crippen molar-refractivity contribution in [2.75, 3.05) is 31.1 Å². The molecule has 1 saturated heterocycles. The number of piperazine rings is 1. The highest BCUT2D eigenvalue weighted by Crippen LogP contribution is 2.24. The summed E-state index contributed by atoms with van der Waals surface area (Å²) >= 11 is 0. The first-order valence-electron chi connectivity index (χ1n) is 8.14. The molecule has 0 radical (unpaired) electrons. The number of anilines is 1. The minimum Gasteiger partial charge on any atom is -0.368 e. The number of hydrogen-bond acceptors (Lipinski definition) is 3. The quantitative estimate of drug-likeness (QED) is 0.945. The first kappa shape index (κ1) is 15.6. The predicted octanol–water partition coefficient (Wildman–Crippen LogP) is 2.23. The van der Waals surface area contributed by atoms with Crippen molar-refractivity contribution in [1.82, 2.24) is 15.1 Å². The van der Waals surface area contributed by atoms with Gasteiger partial charge in [0.15, 0.2) is 0 Å². The van der Waals surface area contributed by atoms with E-state index in [1.807, 2.05) is 17.9 Å². The summed E-state index contributed by atoms with van der Waals surface area (Å²) in [7, 11) is 0. The zero-order valence-corrected chi connectivity index (χ0v) is 14.1. The van der Waals surface area contributed by atoms with Crippen molar-refractivity contribution in [1.29, 1.82) is 0 Å². The van der Waals surface area contributed by atoms with E-state index < -0.39 is 0 Å². The number of carbonyl (C=O) groups is 1. The Bertz CT molecular complexity index is 699. The molecule has 5 nitrogen and oxygen atoms in total. The highest BCUT2D eigenvalue weighted by Gasteiger charge is 2.22. The molecule has 1 aromatic carbocycles. The van der Waals surface area contributed by atoms with E-state index in [2.05, 4.69) is 47.1 Å². The molecule has 2 aromatic rings. The van der Waals surface area contributed by atoms with Gasteiger partial charge in [-0.15, -0.1) is 0 Å². The Hall–Kier alpha value is -2.30. The summed E-state index contributed by atoms with van der Waals surface area (Å²) in [6.07, 6.45) is 0.383. The molecule has 1 aromatic heterocycles. The molecule has 1 aliphatic heterocycles. The van der Waals surface area contributed by atoms with Gasteiger partial charge in [0.25, 0.3) is 0 Å². The topological polar surface area (TPSA) is 52.2 Å². The molecule has 1 aliphatic rings. The Kier molecular flexibility index (Phi) is 4.37. The maximum atomic E-state index is 12.4. The van der Waals surface area contributed by atoms with Crippen LogP contribution in [-0.2, 0) is 11.2 Å². The maximum absolute atomic E-state index is 12.4. The van der Waals surface area contributed by atoms with Gasteiger partial charge in [0.2, 0.25) is 5.91 Å². The SMILES string of the molecule is Cc1cc(CC(=O)N2CCN(c3cccc(C)c3C)CC2)n[nH]1. The van der Waals surface area contributed by atoms with Gasteiger partial charge in [0, 0.05) is 37.6 Å². The number of nitrogens with one attached hydrogen (secondary N) is 1. The average Bonchev–Trinajstić information content (AvgIpc) is 2.95. The van der Waals surface area contributed by atoms with E-state index in [0.717, 1.165) is 37.6 Å². The summed E-state index contributed by atoms with van der Waals surface area (Å²) in [5.41, 5.74) is 5.76. The van der Waals surface area contributed by atoms with Crippen LogP contribution in [0.3, 0.4) is 0 Å². The molecule has 2 heterocycles. The fraction of sp³-hybridized carbons (Fsp3) is 0.444. The molecule has 0 atom stereocenters. The van der Waals surface area contributed by atoms with Crippen molar-refractivity contribution in [2.24, 2.45) is 0 Å². The molecule has 0 bridgehead atoms. The van der Waals surface area contributed by atoms with E-state index in [0.29, 0.717) is 6.42 Å². The monoisotopic (exact) mass is 312 g/mol. The number of aryl methyl sites for hydroxylation is 2. The minimum absolute atomic E-state index is 0.164. The second-order valence-corrected chi connectivity index (χ2v) is 6.31. The number of hydrogen-bond donors (Lipinski definition) is 1. The van der Waals surface area contributed by atoms with Gasteiger partial charge in [-0.05, 0) is 44.0 Å². The number of aromatic nitrogens is 2. The van der Waals surface area contributed by atoms with Gasteiger partial charge in [-0.25, -0.2) is 0 Å². The number of H-pyrrole nitrogens is 1. The van der Waals surface area contributed by atoms with Crippen LogP contribution in [-0.4, -0.2) is 47.2 Å². The third-order valence-electron chi connectivity index (χ3n) is 4.64. The molecule has 0 unspecified atom stereocenters. The largest absolute Gasteiger partial charge is 0.368 e. The molecular weight excluding hydrogens is 288 g/mol. The van der Waals surface area contributed by atoms with Crippen LogP contribution < -0.4 is 4.90 Å². The van der Waals surface area contributed by atoms with Crippen LogP contribution in [0.15, 0.2) is 24.3 Å². The van der Waals surface area contributed by atoms with Crippen LogP contribution >= 0.6 is 0 Å². The molecule has 0 saturated carbocycles. The van der Waals surface area contributed by atoms with E-state index in [4.69, 9.17) is 0 Å². The van der Waals surface area contributed by atoms with Gasteiger partial charge >= 0.3 is 0 Å². The zero-order valence-electron chi connectivity index (χ0n) is 14.1. The molecular formula is C18H24N4O. The highest BCUT2D eigenvalue weighted by atomic mass is 16.2. The number of nitrogens with zero attached hydrogens (tertiary/aromatic N) is 3. The minimum atomic E-state index is 0.164. The molecule has 1 amide bonds. The lowest BCUT2D eigenvalue weighted by atomic mass is 10.1. The van der Waals surface area contributed by atoms with Crippen LogP contribution in [0.2, 0.25) is 0 Å². The molecule has 1 N–H and O–H groups in total. The van der Waals surface area contributed by atoms with Crippen LogP contribution in [0.25, 0.3) is 0 Å². The smallest absolute Gasteiger partial charge is 0.228 e. The second-order valence-electron chi connectivity index (χ2n) is 6.31. The van der Waals surface area contributed by atoms with Crippen LogP contribution in [0.4, 0.5) is 5.69 Å². The number of amides is 1. The Morgan fingerprint density at radius 1 is 1.17 bits per heavy atom. The van der Waals surface area contributed by atoms with Crippen molar-refractivity contribution >= 4 is 11.6 Å². The Labute approximate surface area is 137 Å². The van der Waals surface area contributed by atoms with Crippen LogP contribution in [0, 0.1) is 20.8 Å². The van der Waals surface area contributed by atoms with E-state index in [9.17, 15) is 4.79 Å². The van der Waals surface area contributed by atoms with Gasteiger partial charge in [-0.1, -0.05) is 12.1 Å². The zero-order chi connectivity index (χ0) is 16.4. The van der Waals surface area contributed by atoms with Crippen LogP contribution in [0.1, 0.15) is 22.5 Å². The molecule has 0 aliphatic carbocycles. The van der Waals surface area contributed by atoms with Gasteiger partial charge in [-0.3, -0.25) is 9.89 Å². The number of aromatic amines is 1. The first-order chi connectivity index (χ1) is 11.0. The van der Waals surface area contributed by atoms with Crippen molar-refractivity contribution in [3.05, 3.63) is 46.8 Å². The lowest BCUT2D eigenvalue weighted by Gasteiger charge is -2.37. The summed E-state index contributed by atoms with van der Waals surface area (Å²) in [6, 6.07) is 8.36. The molecule has 5 heteroatoms. The van der Waals surface area contributed by atoms with E-state index >= 15 is 0 Å². The fourth-order valence-electron chi connectivity index (χ4n) is 3.11. The lowest BCUT2D eigenvalue weighted by Crippen LogP contribution is -2.49. The van der Waals surface area contributed by atoms with Crippen molar-refractivity contribution < 1.29 is 4.79 Å². The summed E-state index contributed by atoms with van der Waals surface area (Å²) in [6.45, 7) is 9.58. The molecule has 23 heavy (non-hydrogen) atoms. The summed E-state index contributed by atoms with van der Waals surface area (Å²) < 4.78 is 0. The van der Waals surface area contributed by atoms with Crippen molar-refractivity contribution in [3.63, 3.8) is 0 Å². The van der Waals surface area contributed by atoms with Crippen molar-refractivity contribution in [2.45, 2.75) is 27.2 Å². The van der Waals surface area contributed by atoms with Gasteiger partial charge in [0.05, 0.1) is 12.1 Å². The maximum Gasteiger partial charge on any atom is 0.228 e. The molecule has 3 rings (SSSR count).